The van der Waals surface area contributed by atoms with E-state index in [1.54, 1.807) is 13.2 Å². The van der Waals surface area contributed by atoms with E-state index in [-0.39, 0.29) is 0 Å². The smallest absolute Gasteiger partial charge is 0.258 e. The van der Waals surface area contributed by atoms with Crippen LogP contribution in [0.3, 0.4) is 0 Å². The molecule has 5 rings (SSSR count). The first-order chi connectivity index (χ1) is 13.3. The lowest BCUT2D eigenvalue weighted by atomic mass is 10.1. The molecule has 0 unspecified atom stereocenters. The summed E-state index contributed by atoms with van der Waals surface area (Å²) in [5.74, 6) is 1.46. The molecule has 3 aromatic heterocycles. The van der Waals surface area contributed by atoms with E-state index in [0.29, 0.717) is 29.3 Å². The number of benzene rings is 1. The van der Waals surface area contributed by atoms with Crippen molar-refractivity contribution in [2.24, 2.45) is 0 Å². The minimum absolute atomic E-state index is 0.451. The molecule has 1 fully saturated rings. The molecule has 0 N–H and O–H groups in total. The second kappa shape index (κ2) is 6.54. The summed E-state index contributed by atoms with van der Waals surface area (Å²) in [6, 6.07) is 14.6. The van der Waals surface area contributed by atoms with E-state index in [9.17, 15) is 0 Å². The summed E-state index contributed by atoms with van der Waals surface area (Å²) in [4.78, 5) is 8.87. The summed E-state index contributed by atoms with van der Waals surface area (Å²) >= 11 is 0. The van der Waals surface area contributed by atoms with Gasteiger partial charge in [0, 0.05) is 34.8 Å². The Morgan fingerprint density at radius 3 is 2.81 bits per heavy atom. The topological polar surface area (TPSA) is 66.0 Å². The van der Waals surface area contributed by atoms with Crippen molar-refractivity contribution in [3.8, 4) is 28.9 Å². The average Bonchev–Trinajstić information content (AvgIpc) is 3.47. The maximum absolute atomic E-state index is 5.49. The number of fused-ring (bicyclic) bond motifs is 1. The maximum Gasteiger partial charge on any atom is 0.258 e. The Labute approximate surface area is 156 Å². The summed E-state index contributed by atoms with van der Waals surface area (Å²) < 4.78 is 13.1. The van der Waals surface area contributed by atoms with Crippen LogP contribution in [-0.4, -0.2) is 26.8 Å². The molecule has 0 spiro atoms. The molecule has 1 saturated carbocycles. The monoisotopic (exact) mass is 360 g/mol. The minimum atomic E-state index is 0.451. The first kappa shape index (κ1) is 16.1. The molecule has 6 heteroatoms. The third-order valence-electron chi connectivity index (χ3n) is 5.27. The van der Waals surface area contributed by atoms with Crippen LogP contribution in [0, 0.1) is 0 Å². The molecule has 27 heavy (non-hydrogen) atoms. The molecule has 6 nitrogen and oxygen atoms in total. The zero-order chi connectivity index (χ0) is 18.2. The normalized spacial score (nSPS) is 14.9. The number of aromatic nitrogens is 4. The molecular weight excluding hydrogens is 340 g/mol. The summed E-state index contributed by atoms with van der Waals surface area (Å²) in [6.07, 6.45) is 7.39. The van der Waals surface area contributed by atoms with Crippen molar-refractivity contribution in [2.45, 2.75) is 31.7 Å². The van der Waals surface area contributed by atoms with Crippen molar-refractivity contribution < 1.29 is 9.26 Å². The van der Waals surface area contributed by atoms with Gasteiger partial charge in [-0.05, 0) is 43.2 Å². The van der Waals surface area contributed by atoms with Crippen LogP contribution in [0.4, 0.5) is 0 Å². The molecule has 0 saturated heterocycles. The molecule has 1 aliphatic rings. The number of hydrogen-bond donors (Lipinski definition) is 0. The summed E-state index contributed by atoms with van der Waals surface area (Å²) in [5.41, 5.74) is 2.80. The lowest BCUT2D eigenvalue weighted by Gasteiger charge is -2.13. The fraction of sp³-hybridized carbons (Fsp3) is 0.286. The molecule has 1 aliphatic carbocycles. The third-order valence-corrected chi connectivity index (χ3v) is 5.27. The minimum Gasteiger partial charge on any atom is -0.481 e. The Bertz CT molecular complexity index is 1090. The van der Waals surface area contributed by atoms with Crippen LogP contribution >= 0.6 is 0 Å². The van der Waals surface area contributed by atoms with Gasteiger partial charge in [0.15, 0.2) is 0 Å². The Kier molecular flexibility index (Phi) is 3.89. The van der Waals surface area contributed by atoms with E-state index in [2.05, 4.69) is 44.1 Å². The Morgan fingerprint density at radius 1 is 1.07 bits per heavy atom. The van der Waals surface area contributed by atoms with Crippen molar-refractivity contribution >= 4 is 10.9 Å². The number of methoxy groups -OCH3 is 1. The van der Waals surface area contributed by atoms with Crippen LogP contribution < -0.4 is 4.74 Å². The van der Waals surface area contributed by atoms with Gasteiger partial charge in [0.05, 0.1) is 7.11 Å². The van der Waals surface area contributed by atoms with E-state index >= 15 is 0 Å². The Hall–Kier alpha value is -3.15. The van der Waals surface area contributed by atoms with Gasteiger partial charge in [-0.1, -0.05) is 24.1 Å². The molecule has 3 heterocycles. The molecule has 0 atom stereocenters. The molecule has 0 bridgehead atoms. The van der Waals surface area contributed by atoms with E-state index in [1.165, 1.54) is 36.6 Å². The molecule has 0 amide bonds. The number of ether oxygens (including phenoxy) is 1. The molecule has 0 radical (unpaired) electrons. The standard InChI is InChI=1S/C21H20N4O2/c1-26-19-8-4-7-17(22-19)20-23-21(27-24-20)15-9-10-18-14(13-15)11-12-25(18)16-5-2-3-6-16/h4,7-13,16H,2-3,5-6H2,1H3. The van der Waals surface area contributed by atoms with Gasteiger partial charge in [-0.3, -0.25) is 0 Å². The number of hydrogen-bond acceptors (Lipinski definition) is 5. The lowest BCUT2D eigenvalue weighted by Crippen LogP contribution is -2.02. The summed E-state index contributed by atoms with van der Waals surface area (Å²) in [6.45, 7) is 0. The van der Waals surface area contributed by atoms with Crippen molar-refractivity contribution in [3.63, 3.8) is 0 Å². The van der Waals surface area contributed by atoms with Gasteiger partial charge in [-0.25, -0.2) is 4.98 Å². The predicted octanol–water partition coefficient (Wildman–Crippen LogP) is 4.88. The molecule has 4 aromatic rings. The highest BCUT2D eigenvalue weighted by atomic mass is 16.5. The fourth-order valence-electron chi connectivity index (χ4n) is 3.90. The van der Waals surface area contributed by atoms with Crippen molar-refractivity contribution in [3.05, 3.63) is 48.7 Å². The Balaban J connectivity index is 1.48. The van der Waals surface area contributed by atoms with Crippen molar-refractivity contribution in [2.75, 3.05) is 7.11 Å². The largest absolute Gasteiger partial charge is 0.481 e. The maximum atomic E-state index is 5.49. The number of nitrogens with zero attached hydrogens (tertiary/aromatic N) is 4. The van der Waals surface area contributed by atoms with Crippen LogP contribution in [0.1, 0.15) is 31.7 Å². The number of rotatable bonds is 4. The van der Waals surface area contributed by atoms with Crippen LogP contribution in [-0.2, 0) is 0 Å². The van der Waals surface area contributed by atoms with E-state index in [1.807, 2.05) is 18.2 Å². The molecule has 0 aliphatic heterocycles. The second-order valence-corrected chi connectivity index (χ2v) is 6.92. The fourth-order valence-corrected chi connectivity index (χ4v) is 3.90. The third kappa shape index (κ3) is 2.87. The van der Waals surface area contributed by atoms with Gasteiger partial charge in [-0.15, -0.1) is 0 Å². The highest BCUT2D eigenvalue weighted by molar-refractivity contribution is 5.84. The van der Waals surface area contributed by atoms with Crippen molar-refractivity contribution in [1.29, 1.82) is 0 Å². The first-order valence-electron chi connectivity index (χ1n) is 9.28. The zero-order valence-electron chi connectivity index (χ0n) is 15.1. The van der Waals surface area contributed by atoms with Gasteiger partial charge in [-0.2, -0.15) is 4.98 Å². The first-order valence-corrected chi connectivity index (χ1v) is 9.28. The lowest BCUT2D eigenvalue weighted by molar-refractivity contribution is 0.398. The van der Waals surface area contributed by atoms with E-state index < -0.39 is 0 Å². The van der Waals surface area contributed by atoms with Gasteiger partial charge in [0.25, 0.3) is 5.89 Å². The summed E-state index contributed by atoms with van der Waals surface area (Å²) in [5, 5.41) is 5.27. The molecule has 1 aromatic carbocycles. The predicted molar refractivity (Wildman–Crippen MR) is 103 cm³/mol. The quantitative estimate of drug-likeness (QED) is 0.519. The van der Waals surface area contributed by atoms with Crippen molar-refractivity contribution in [1.82, 2.24) is 19.7 Å². The van der Waals surface area contributed by atoms with Crippen LogP contribution in [0.5, 0.6) is 5.88 Å². The van der Waals surface area contributed by atoms with E-state index in [0.717, 1.165) is 5.56 Å². The second-order valence-electron chi connectivity index (χ2n) is 6.92. The van der Waals surface area contributed by atoms with Crippen LogP contribution in [0.25, 0.3) is 33.9 Å². The zero-order valence-corrected chi connectivity index (χ0v) is 15.1. The molecular formula is C21H20N4O2. The summed E-state index contributed by atoms with van der Waals surface area (Å²) in [7, 11) is 1.58. The van der Waals surface area contributed by atoms with Gasteiger partial charge in [0.2, 0.25) is 11.7 Å². The average molecular weight is 360 g/mol. The molecule has 136 valence electrons. The van der Waals surface area contributed by atoms with Gasteiger partial charge >= 0.3 is 0 Å². The van der Waals surface area contributed by atoms with Gasteiger partial charge in [0.1, 0.15) is 5.69 Å². The van der Waals surface area contributed by atoms with Gasteiger partial charge < -0.3 is 13.8 Å². The van der Waals surface area contributed by atoms with Crippen LogP contribution in [0.15, 0.2) is 53.2 Å². The number of pyridine rings is 1. The highest BCUT2D eigenvalue weighted by Gasteiger charge is 2.19. The SMILES string of the molecule is COc1cccc(-c2noc(-c3ccc4c(ccn4C4CCCC4)c3)n2)n1. The highest BCUT2D eigenvalue weighted by Crippen LogP contribution is 2.34. The van der Waals surface area contributed by atoms with E-state index in [4.69, 9.17) is 9.26 Å². The Morgan fingerprint density at radius 2 is 1.96 bits per heavy atom. The van der Waals surface area contributed by atoms with Crippen LogP contribution in [0.2, 0.25) is 0 Å².